The Kier molecular flexibility index (Phi) is 3.34. The summed E-state index contributed by atoms with van der Waals surface area (Å²) in [6, 6.07) is 4.98. The molecule has 3 rings (SSSR count). The topological polar surface area (TPSA) is 101 Å². The smallest absolute Gasteiger partial charge is 0.243 e. The van der Waals surface area contributed by atoms with Crippen LogP contribution < -0.4 is 11.1 Å². The summed E-state index contributed by atoms with van der Waals surface area (Å²) < 4.78 is 5.64. The number of piperazine rings is 1. The fourth-order valence-corrected chi connectivity index (χ4v) is 2.59. The van der Waals surface area contributed by atoms with Gasteiger partial charge in [0.2, 0.25) is 17.7 Å². The van der Waals surface area contributed by atoms with E-state index < -0.39 is 0 Å². The van der Waals surface area contributed by atoms with Crippen LogP contribution >= 0.6 is 0 Å². The number of hydrogen-bond acceptors (Lipinski definition) is 6. The summed E-state index contributed by atoms with van der Waals surface area (Å²) in [5.74, 6) is -0.131. The highest BCUT2D eigenvalue weighted by Gasteiger charge is 2.33. The summed E-state index contributed by atoms with van der Waals surface area (Å²) in [5.41, 5.74) is 7.60. The van der Waals surface area contributed by atoms with Crippen LogP contribution in [-0.2, 0) is 16.1 Å². The van der Waals surface area contributed by atoms with Crippen molar-refractivity contribution in [2.45, 2.75) is 25.9 Å². The molecule has 1 unspecified atom stereocenters. The molecule has 1 aliphatic rings. The van der Waals surface area contributed by atoms with Gasteiger partial charge in [-0.25, -0.2) is 4.98 Å². The average Bonchev–Trinajstić information content (AvgIpc) is 2.82. The molecule has 110 valence electrons. The molecular formula is C14H16N4O3. The maximum atomic E-state index is 11.8. The number of benzene rings is 1. The lowest BCUT2D eigenvalue weighted by atomic mass is 10.1. The second-order valence-corrected chi connectivity index (χ2v) is 5.04. The van der Waals surface area contributed by atoms with Crippen LogP contribution in [0.15, 0.2) is 22.6 Å². The number of rotatable bonds is 3. The van der Waals surface area contributed by atoms with Crippen molar-refractivity contribution in [1.82, 2.24) is 15.2 Å². The van der Waals surface area contributed by atoms with Crippen LogP contribution in [0.25, 0.3) is 11.1 Å². The number of amides is 2. The highest BCUT2D eigenvalue weighted by Crippen LogP contribution is 2.23. The first-order chi connectivity index (χ1) is 10.1. The number of nitrogen functional groups attached to an aromatic ring is 1. The van der Waals surface area contributed by atoms with Gasteiger partial charge in [0.1, 0.15) is 5.52 Å². The lowest BCUT2D eigenvalue weighted by molar-refractivity contribution is -0.140. The summed E-state index contributed by atoms with van der Waals surface area (Å²) >= 11 is 0. The molecule has 0 saturated carbocycles. The predicted octanol–water partition coefficient (Wildman–Crippen LogP) is 0.647. The van der Waals surface area contributed by atoms with Crippen molar-refractivity contribution >= 4 is 28.6 Å². The number of nitrogens with two attached hydrogens (primary N) is 1. The Balaban J connectivity index is 1.87. The van der Waals surface area contributed by atoms with Gasteiger partial charge in [0, 0.05) is 0 Å². The van der Waals surface area contributed by atoms with E-state index in [2.05, 4.69) is 10.3 Å². The summed E-state index contributed by atoms with van der Waals surface area (Å²) in [7, 11) is 0. The van der Waals surface area contributed by atoms with Crippen LogP contribution in [0, 0.1) is 0 Å². The largest absolute Gasteiger partial charge is 0.439 e. The standard InChI is InChI=1S/C14H16N4O3/c1-2-9-14(20)16-11(19)6-18(9)7-12-17-13-8(15)4-3-5-10(13)21-12/h3-5,9H,2,6-7,15H2,1H3,(H,16,19,20). The molecule has 21 heavy (non-hydrogen) atoms. The Hall–Kier alpha value is -2.41. The van der Waals surface area contributed by atoms with Gasteiger partial charge in [-0.3, -0.25) is 19.8 Å². The number of nitrogens with zero attached hydrogens (tertiary/aromatic N) is 2. The van der Waals surface area contributed by atoms with Crippen LogP contribution in [-0.4, -0.2) is 34.3 Å². The van der Waals surface area contributed by atoms with Crippen molar-refractivity contribution in [2.24, 2.45) is 0 Å². The molecular weight excluding hydrogens is 272 g/mol. The summed E-state index contributed by atoms with van der Waals surface area (Å²) in [6.45, 7) is 2.35. The fraction of sp³-hybridized carbons (Fsp3) is 0.357. The number of nitrogens with one attached hydrogen (secondary N) is 1. The lowest BCUT2D eigenvalue weighted by Gasteiger charge is -2.32. The van der Waals surface area contributed by atoms with E-state index in [1.807, 2.05) is 6.92 Å². The number of hydrogen-bond donors (Lipinski definition) is 2. The molecule has 0 bridgehead atoms. The van der Waals surface area contributed by atoms with Gasteiger partial charge in [0.25, 0.3) is 0 Å². The fourth-order valence-electron chi connectivity index (χ4n) is 2.59. The maximum absolute atomic E-state index is 11.8. The van der Waals surface area contributed by atoms with Gasteiger partial charge in [-0.15, -0.1) is 0 Å². The number of oxazole rings is 1. The second-order valence-electron chi connectivity index (χ2n) is 5.04. The van der Waals surface area contributed by atoms with Gasteiger partial charge in [-0.1, -0.05) is 13.0 Å². The van der Waals surface area contributed by atoms with E-state index >= 15 is 0 Å². The molecule has 1 fully saturated rings. The zero-order chi connectivity index (χ0) is 15.0. The molecule has 1 aliphatic heterocycles. The quantitative estimate of drug-likeness (QED) is 0.635. The number of carbonyl (C=O) groups excluding carboxylic acids is 2. The first-order valence-corrected chi connectivity index (χ1v) is 6.80. The third-order valence-electron chi connectivity index (χ3n) is 3.57. The molecule has 2 amide bonds. The zero-order valence-electron chi connectivity index (χ0n) is 11.6. The van der Waals surface area contributed by atoms with Crippen molar-refractivity contribution in [3.63, 3.8) is 0 Å². The third kappa shape index (κ3) is 2.47. The Morgan fingerprint density at radius 2 is 2.29 bits per heavy atom. The highest BCUT2D eigenvalue weighted by molar-refractivity contribution is 6.01. The van der Waals surface area contributed by atoms with Crippen molar-refractivity contribution < 1.29 is 14.0 Å². The minimum atomic E-state index is -0.352. The van der Waals surface area contributed by atoms with Crippen LogP contribution in [0.4, 0.5) is 5.69 Å². The molecule has 1 aromatic carbocycles. The second kappa shape index (κ2) is 5.17. The third-order valence-corrected chi connectivity index (χ3v) is 3.57. The first-order valence-electron chi connectivity index (χ1n) is 6.80. The maximum Gasteiger partial charge on any atom is 0.243 e. The Morgan fingerprint density at radius 3 is 3.00 bits per heavy atom. The molecule has 1 aromatic heterocycles. The normalized spacial score (nSPS) is 20.0. The molecule has 2 heterocycles. The Labute approximate surface area is 121 Å². The number of anilines is 1. The van der Waals surface area contributed by atoms with E-state index in [4.69, 9.17) is 10.2 Å². The Bertz CT molecular complexity index is 709. The van der Waals surface area contributed by atoms with E-state index in [0.717, 1.165) is 0 Å². The zero-order valence-corrected chi connectivity index (χ0v) is 11.6. The predicted molar refractivity (Wildman–Crippen MR) is 76.1 cm³/mol. The average molecular weight is 288 g/mol. The summed E-state index contributed by atoms with van der Waals surface area (Å²) in [6.07, 6.45) is 0.613. The van der Waals surface area contributed by atoms with Gasteiger partial charge >= 0.3 is 0 Å². The van der Waals surface area contributed by atoms with E-state index in [0.29, 0.717) is 35.6 Å². The van der Waals surface area contributed by atoms with Gasteiger partial charge in [-0.2, -0.15) is 0 Å². The van der Waals surface area contributed by atoms with E-state index in [-0.39, 0.29) is 24.4 Å². The van der Waals surface area contributed by atoms with Crippen LogP contribution in [0.2, 0.25) is 0 Å². The van der Waals surface area contributed by atoms with E-state index in [1.54, 1.807) is 23.1 Å². The van der Waals surface area contributed by atoms with Crippen LogP contribution in [0.1, 0.15) is 19.2 Å². The molecule has 1 atom stereocenters. The molecule has 1 saturated heterocycles. The van der Waals surface area contributed by atoms with Gasteiger partial charge in [0.15, 0.2) is 5.58 Å². The lowest BCUT2D eigenvalue weighted by Crippen LogP contribution is -2.57. The van der Waals surface area contributed by atoms with Crippen molar-refractivity contribution in [3.8, 4) is 0 Å². The summed E-state index contributed by atoms with van der Waals surface area (Å²) in [4.78, 5) is 29.4. The summed E-state index contributed by atoms with van der Waals surface area (Å²) in [5, 5.41) is 2.34. The number of aromatic nitrogens is 1. The molecule has 7 heteroatoms. The minimum absolute atomic E-state index is 0.151. The van der Waals surface area contributed by atoms with Crippen LogP contribution in [0.5, 0.6) is 0 Å². The number of imide groups is 1. The van der Waals surface area contributed by atoms with E-state index in [1.165, 1.54) is 0 Å². The van der Waals surface area contributed by atoms with Crippen LogP contribution in [0.3, 0.4) is 0 Å². The monoisotopic (exact) mass is 288 g/mol. The SMILES string of the molecule is CCC1C(=O)NC(=O)CN1Cc1nc2c(N)cccc2o1. The number of fused-ring (bicyclic) bond motifs is 1. The molecule has 0 aliphatic carbocycles. The number of carbonyl (C=O) groups is 2. The molecule has 0 spiro atoms. The molecule has 2 aromatic rings. The molecule has 3 N–H and O–H groups in total. The molecule has 0 radical (unpaired) electrons. The number of para-hydroxylation sites is 1. The van der Waals surface area contributed by atoms with E-state index in [9.17, 15) is 9.59 Å². The van der Waals surface area contributed by atoms with Crippen molar-refractivity contribution in [2.75, 3.05) is 12.3 Å². The minimum Gasteiger partial charge on any atom is -0.439 e. The van der Waals surface area contributed by atoms with Crippen molar-refractivity contribution in [1.29, 1.82) is 0 Å². The van der Waals surface area contributed by atoms with Crippen molar-refractivity contribution in [3.05, 3.63) is 24.1 Å². The van der Waals surface area contributed by atoms with Gasteiger partial charge in [0.05, 0.1) is 24.8 Å². The Morgan fingerprint density at radius 1 is 1.48 bits per heavy atom. The van der Waals surface area contributed by atoms with Gasteiger partial charge in [-0.05, 0) is 18.6 Å². The molecule has 7 nitrogen and oxygen atoms in total. The highest BCUT2D eigenvalue weighted by atomic mass is 16.3. The van der Waals surface area contributed by atoms with Gasteiger partial charge < -0.3 is 10.2 Å². The first kappa shape index (κ1) is 13.6.